The van der Waals surface area contributed by atoms with Gasteiger partial charge in [-0.1, -0.05) is 12.1 Å². The summed E-state index contributed by atoms with van der Waals surface area (Å²) in [5.74, 6) is 0. The fourth-order valence-corrected chi connectivity index (χ4v) is 2.46. The maximum atomic E-state index is 5.69. The second kappa shape index (κ2) is 5.72. The van der Waals surface area contributed by atoms with Crippen molar-refractivity contribution in [3.05, 3.63) is 29.8 Å². The van der Waals surface area contributed by atoms with Crippen LogP contribution in [0.15, 0.2) is 24.3 Å². The minimum Gasteiger partial charge on any atom is -0.399 e. The lowest BCUT2D eigenvalue weighted by Crippen LogP contribution is -2.53. The molecule has 0 unspecified atom stereocenters. The van der Waals surface area contributed by atoms with Crippen LogP contribution in [0.5, 0.6) is 0 Å². The van der Waals surface area contributed by atoms with Crippen LogP contribution in [0.1, 0.15) is 25.8 Å². The van der Waals surface area contributed by atoms with Crippen molar-refractivity contribution in [2.45, 2.75) is 32.2 Å². The maximum Gasteiger partial charge on any atom is 0.0645 e. The number of hydrogen-bond acceptors (Lipinski definition) is 3. The highest BCUT2D eigenvalue weighted by atomic mass is 16.5. The molecule has 1 aromatic carbocycles. The van der Waals surface area contributed by atoms with Crippen LogP contribution in [0.3, 0.4) is 0 Å². The number of nitrogens with two attached hydrogens (primary N) is 1. The average Bonchev–Trinajstić information content (AvgIpc) is 2.33. The smallest absolute Gasteiger partial charge is 0.0645 e. The Kier molecular flexibility index (Phi) is 4.25. The summed E-state index contributed by atoms with van der Waals surface area (Å²) in [7, 11) is 0. The summed E-state index contributed by atoms with van der Waals surface area (Å²) < 4.78 is 5.54. The topological polar surface area (TPSA) is 38.5 Å². The molecular weight excluding hydrogens is 224 g/mol. The Labute approximate surface area is 110 Å². The average molecular weight is 248 g/mol. The van der Waals surface area contributed by atoms with Gasteiger partial charge in [0, 0.05) is 17.8 Å². The second-order valence-corrected chi connectivity index (χ2v) is 5.70. The lowest BCUT2D eigenvalue weighted by molar-refractivity contribution is -0.0510. The third-order valence-corrected chi connectivity index (χ3v) is 3.69. The molecule has 0 amide bonds. The zero-order valence-corrected chi connectivity index (χ0v) is 11.5. The van der Waals surface area contributed by atoms with Gasteiger partial charge in [-0.05, 0) is 50.9 Å². The number of ether oxygens (including phenoxy) is 1. The van der Waals surface area contributed by atoms with E-state index in [1.54, 1.807) is 0 Å². The quantitative estimate of drug-likeness (QED) is 0.831. The number of nitrogen functional groups attached to an aromatic ring is 1. The zero-order valence-electron chi connectivity index (χ0n) is 11.5. The zero-order chi connectivity index (χ0) is 13.0. The van der Waals surface area contributed by atoms with Gasteiger partial charge in [0.15, 0.2) is 0 Å². The monoisotopic (exact) mass is 248 g/mol. The molecule has 2 rings (SSSR count). The summed E-state index contributed by atoms with van der Waals surface area (Å²) >= 11 is 0. The Morgan fingerprint density at radius 1 is 1.28 bits per heavy atom. The van der Waals surface area contributed by atoms with Crippen molar-refractivity contribution in [2.24, 2.45) is 0 Å². The predicted molar refractivity (Wildman–Crippen MR) is 75.6 cm³/mol. The van der Waals surface area contributed by atoms with Crippen LogP contribution < -0.4 is 5.73 Å². The molecule has 1 aliphatic heterocycles. The number of benzene rings is 1. The van der Waals surface area contributed by atoms with Gasteiger partial charge in [0.25, 0.3) is 0 Å². The molecule has 3 nitrogen and oxygen atoms in total. The molecule has 0 bridgehead atoms. The van der Waals surface area contributed by atoms with Gasteiger partial charge in [0.1, 0.15) is 0 Å². The number of rotatable bonds is 4. The lowest BCUT2D eigenvalue weighted by Gasteiger charge is -2.42. The van der Waals surface area contributed by atoms with Gasteiger partial charge in [-0.2, -0.15) is 0 Å². The van der Waals surface area contributed by atoms with Gasteiger partial charge < -0.3 is 10.5 Å². The molecule has 1 saturated heterocycles. The highest BCUT2D eigenvalue weighted by Crippen LogP contribution is 2.19. The van der Waals surface area contributed by atoms with Crippen molar-refractivity contribution in [1.29, 1.82) is 0 Å². The van der Waals surface area contributed by atoms with Crippen molar-refractivity contribution in [2.75, 3.05) is 32.0 Å². The Bertz CT molecular complexity index is 373. The van der Waals surface area contributed by atoms with E-state index in [9.17, 15) is 0 Å². The number of morpholine rings is 1. The van der Waals surface area contributed by atoms with Gasteiger partial charge in [-0.15, -0.1) is 0 Å². The molecule has 1 aliphatic rings. The summed E-state index contributed by atoms with van der Waals surface area (Å²) in [6, 6.07) is 8.21. The van der Waals surface area contributed by atoms with Crippen molar-refractivity contribution in [1.82, 2.24) is 4.90 Å². The van der Waals surface area contributed by atoms with Crippen LogP contribution in [0.2, 0.25) is 0 Å². The lowest BCUT2D eigenvalue weighted by atomic mass is 10.0. The van der Waals surface area contributed by atoms with E-state index in [2.05, 4.69) is 30.9 Å². The fourth-order valence-electron chi connectivity index (χ4n) is 2.46. The van der Waals surface area contributed by atoms with Gasteiger partial charge in [0.05, 0.1) is 13.2 Å². The van der Waals surface area contributed by atoms with Crippen LogP contribution in [0.4, 0.5) is 5.69 Å². The normalized spacial score (nSPS) is 19.9. The first kappa shape index (κ1) is 13.4. The fraction of sp³-hybridized carbons (Fsp3) is 0.600. The van der Waals surface area contributed by atoms with Gasteiger partial charge >= 0.3 is 0 Å². The van der Waals surface area contributed by atoms with E-state index in [-0.39, 0.29) is 5.54 Å². The Balaban J connectivity index is 1.79. The summed E-state index contributed by atoms with van der Waals surface area (Å²) in [6.07, 6.45) is 2.31. The van der Waals surface area contributed by atoms with Crippen molar-refractivity contribution >= 4 is 5.69 Å². The van der Waals surface area contributed by atoms with Gasteiger partial charge in [-0.3, -0.25) is 4.90 Å². The molecule has 1 heterocycles. The molecule has 0 aromatic heterocycles. The van der Waals surface area contributed by atoms with Crippen LogP contribution in [0, 0.1) is 0 Å². The number of anilines is 1. The van der Waals surface area contributed by atoms with Crippen LogP contribution in [-0.4, -0.2) is 36.7 Å². The minimum absolute atomic E-state index is 0.180. The molecule has 1 fully saturated rings. The third kappa shape index (κ3) is 3.47. The molecular formula is C15H24N2O. The first-order chi connectivity index (χ1) is 8.58. The third-order valence-electron chi connectivity index (χ3n) is 3.69. The van der Waals surface area contributed by atoms with E-state index in [0.717, 1.165) is 38.4 Å². The Morgan fingerprint density at radius 3 is 2.67 bits per heavy atom. The van der Waals surface area contributed by atoms with E-state index in [1.165, 1.54) is 12.0 Å². The first-order valence-corrected chi connectivity index (χ1v) is 6.75. The molecule has 1 aromatic rings. The molecule has 0 saturated carbocycles. The van der Waals surface area contributed by atoms with Crippen LogP contribution in [0.25, 0.3) is 0 Å². The van der Waals surface area contributed by atoms with E-state index in [1.807, 2.05) is 12.1 Å². The SMILES string of the molecule is CC1(C)COCCN1CCCc1ccc(N)cc1. The van der Waals surface area contributed by atoms with E-state index in [0.29, 0.717) is 0 Å². The number of aryl methyl sites for hydroxylation is 1. The molecule has 0 spiro atoms. The maximum absolute atomic E-state index is 5.69. The molecule has 0 aliphatic carbocycles. The van der Waals surface area contributed by atoms with Crippen molar-refractivity contribution in [3.63, 3.8) is 0 Å². The molecule has 0 radical (unpaired) electrons. The molecule has 100 valence electrons. The first-order valence-electron chi connectivity index (χ1n) is 6.75. The van der Waals surface area contributed by atoms with E-state index < -0.39 is 0 Å². The molecule has 3 heteroatoms. The van der Waals surface area contributed by atoms with Crippen molar-refractivity contribution < 1.29 is 4.74 Å². The van der Waals surface area contributed by atoms with Gasteiger partial charge in [-0.25, -0.2) is 0 Å². The largest absolute Gasteiger partial charge is 0.399 e. The Morgan fingerprint density at radius 2 is 2.00 bits per heavy atom. The van der Waals surface area contributed by atoms with E-state index in [4.69, 9.17) is 10.5 Å². The van der Waals surface area contributed by atoms with Crippen molar-refractivity contribution in [3.8, 4) is 0 Å². The minimum atomic E-state index is 0.180. The van der Waals surface area contributed by atoms with Gasteiger partial charge in [0.2, 0.25) is 0 Å². The predicted octanol–water partition coefficient (Wildman–Crippen LogP) is 2.31. The summed E-state index contributed by atoms with van der Waals surface area (Å²) in [6.45, 7) is 8.42. The number of nitrogens with zero attached hydrogens (tertiary/aromatic N) is 1. The highest BCUT2D eigenvalue weighted by Gasteiger charge is 2.29. The van der Waals surface area contributed by atoms with E-state index >= 15 is 0 Å². The number of hydrogen-bond donors (Lipinski definition) is 1. The molecule has 0 atom stereocenters. The second-order valence-electron chi connectivity index (χ2n) is 5.70. The van der Waals surface area contributed by atoms with Crippen LogP contribution >= 0.6 is 0 Å². The Hall–Kier alpha value is -1.06. The highest BCUT2D eigenvalue weighted by molar-refractivity contribution is 5.39. The summed E-state index contributed by atoms with van der Waals surface area (Å²) in [5, 5.41) is 0. The van der Waals surface area contributed by atoms with Crippen LogP contribution in [-0.2, 0) is 11.2 Å². The summed E-state index contributed by atoms with van der Waals surface area (Å²) in [4.78, 5) is 2.54. The molecule has 18 heavy (non-hydrogen) atoms. The molecule has 2 N–H and O–H groups in total. The summed E-state index contributed by atoms with van der Waals surface area (Å²) in [5.41, 5.74) is 8.08. The standard InChI is InChI=1S/C15H24N2O/c1-15(2)12-18-11-10-17(15)9-3-4-13-5-7-14(16)8-6-13/h5-8H,3-4,9-12,16H2,1-2H3.